The molecule has 0 saturated carbocycles. The zero-order valence-electron chi connectivity index (χ0n) is 8.58. The fraction of sp³-hybridized carbons (Fsp3) is 0.900. The molecule has 0 aliphatic carbocycles. The summed E-state index contributed by atoms with van der Waals surface area (Å²) in [6.07, 6.45) is 5.35. The predicted molar refractivity (Wildman–Crippen MR) is 53.1 cm³/mol. The van der Waals surface area contributed by atoms with Gasteiger partial charge < -0.3 is 0 Å². The summed E-state index contributed by atoms with van der Waals surface area (Å²) in [4.78, 5) is 0. The lowest BCUT2D eigenvalue weighted by Gasteiger charge is -2.21. The van der Waals surface area contributed by atoms with Crippen molar-refractivity contribution in [3.63, 3.8) is 0 Å². The van der Waals surface area contributed by atoms with E-state index in [0.717, 1.165) is 19.3 Å². The Balaban J connectivity index is 2.35. The topological polar surface area (TPSA) is 47.3 Å². The van der Waals surface area contributed by atoms with Gasteiger partial charge in [-0.15, -0.1) is 0 Å². The lowest BCUT2D eigenvalue weighted by Crippen LogP contribution is -2.31. The molecule has 1 aliphatic rings. The highest BCUT2D eigenvalue weighted by Gasteiger charge is 2.33. The van der Waals surface area contributed by atoms with Gasteiger partial charge in [0.25, 0.3) is 0 Å². The van der Waals surface area contributed by atoms with E-state index in [2.05, 4.69) is 13.8 Å². The monoisotopic (exact) mass is 184 g/mol. The molecule has 0 unspecified atom stereocenters. The van der Waals surface area contributed by atoms with Gasteiger partial charge in [-0.25, -0.2) is 5.06 Å². The van der Waals surface area contributed by atoms with E-state index in [1.165, 1.54) is 17.9 Å². The Kier molecular flexibility index (Phi) is 3.72. The molecule has 0 spiro atoms. The van der Waals surface area contributed by atoms with E-state index < -0.39 is 0 Å². The number of nitrogens with one attached hydrogen (secondary N) is 1. The molecule has 76 valence electrons. The fourth-order valence-electron chi connectivity index (χ4n) is 1.99. The van der Waals surface area contributed by atoms with E-state index in [9.17, 15) is 5.21 Å². The number of hydroxylamine groups is 2. The van der Waals surface area contributed by atoms with Crippen LogP contribution >= 0.6 is 0 Å². The summed E-state index contributed by atoms with van der Waals surface area (Å²) in [5.74, 6) is 0.823. The lowest BCUT2D eigenvalue weighted by atomic mass is 9.98. The first-order valence-electron chi connectivity index (χ1n) is 5.22. The Morgan fingerprint density at radius 2 is 2.23 bits per heavy atom. The molecule has 0 amide bonds. The molecule has 1 aliphatic heterocycles. The first-order valence-corrected chi connectivity index (χ1v) is 5.22. The molecule has 0 aromatic heterocycles. The molecule has 0 radical (unpaired) electrons. The average molecular weight is 184 g/mol. The molecule has 2 N–H and O–H groups in total. The van der Waals surface area contributed by atoms with Gasteiger partial charge in [-0.1, -0.05) is 33.1 Å². The minimum absolute atomic E-state index is 0.194. The van der Waals surface area contributed by atoms with Crippen LogP contribution < -0.4 is 0 Å². The minimum Gasteiger partial charge on any atom is -0.287 e. The second-order valence-corrected chi connectivity index (χ2v) is 4.04. The fourth-order valence-corrected chi connectivity index (χ4v) is 1.99. The highest BCUT2D eigenvalue weighted by atomic mass is 16.5. The maximum Gasteiger partial charge on any atom is 0.121 e. The minimum atomic E-state index is 0.194. The number of rotatable bonds is 4. The second kappa shape index (κ2) is 4.61. The smallest absolute Gasteiger partial charge is 0.121 e. The third-order valence-corrected chi connectivity index (χ3v) is 2.87. The van der Waals surface area contributed by atoms with Crippen LogP contribution in [0.4, 0.5) is 0 Å². The summed E-state index contributed by atoms with van der Waals surface area (Å²) in [5.41, 5.74) is 0. The van der Waals surface area contributed by atoms with E-state index in [1.807, 2.05) is 0 Å². The van der Waals surface area contributed by atoms with Crippen LogP contribution in [0.25, 0.3) is 0 Å². The lowest BCUT2D eigenvalue weighted by molar-refractivity contribution is -0.0548. The van der Waals surface area contributed by atoms with E-state index in [0.29, 0.717) is 11.8 Å². The first kappa shape index (κ1) is 10.5. The van der Waals surface area contributed by atoms with Gasteiger partial charge in [-0.2, -0.15) is 0 Å². The predicted octanol–water partition coefficient (Wildman–Crippen LogP) is 2.64. The number of hydrogen-bond acceptors (Lipinski definition) is 2. The molecule has 3 heteroatoms. The van der Waals surface area contributed by atoms with Crippen LogP contribution in [0.3, 0.4) is 0 Å². The Hall–Kier alpha value is -0.570. The summed E-state index contributed by atoms with van der Waals surface area (Å²) in [7, 11) is 0. The molecular formula is C10H20N2O. The molecule has 0 aromatic carbocycles. The van der Waals surface area contributed by atoms with Crippen molar-refractivity contribution in [2.75, 3.05) is 0 Å². The van der Waals surface area contributed by atoms with Crippen LogP contribution in [0.15, 0.2) is 0 Å². The standard InChI is InChI=1S/C10H20N2O/c1-3-4-5-6-9-8(2)7-10(11)12(9)13/h8-9,11,13H,3-7H2,1-2H3/t8-,9-/m0/s1. The van der Waals surface area contributed by atoms with Gasteiger partial charge in [0.05, 0.1) is 6.04 Å². The molecule has 13 heavy (non-hydrogen) atoms. The number of amidine groups is 1. The van der Waals surface area contributed by atoms with Crippen LogP contribution in [0.1, 0.15) is 46.0 Å². The summed E-state index contributed by atoms with van der Waals surface area (Å²) in [5, 5.41) is 18.2. The maximum absolute atomic E-state index is 9.54. The third-order valence-electron chi connectivity index (χ3n) is 2.87. The maximum atomic E-state index is 9.54. The number of unbranched alkanes of at least 4 members (excludes halogenated alkanes) is 2. The SMILES string of the molecule is CCCCC[C@H]1[C@@H](C)CC(=N)N1O. The Morgan fingerprint density at radius 1 is 1.54 bits per heavy atom. The zero-order valence-corrected chi connectivity index (χ0v) is 8.58. The summed E-state index contributed by atoms with van der Waals surface area (Å²) in [6.45, 7) is 4.29. The van der Waals surface area contributed by atoms with Gasteiger partial charge in [0, 0.05) is 6.42 Å². The molecule has 2 atom stereocenters. The van der Waals surface area contributed by atoms with Crippen LogP contribution in [-0.2, 0) is 0 Å². The van der Waals surface area contributed by atoms with Crippen molar-refractivity contribution < 1.29 is 5.21 Å². The molecule has 0 aromatic rings. The molecule has 1 heterocycles. The van der Waals surface area contributed by atoms with Gasteiger partial charge in [-0.05, 0) is 12.3 Å². The Bertz CT molecular complexity index is 182. The van der Waals surface area contributed by atoms with E-state index in [4.69, 9.17) is 5.41 Å². The van der Waals surface area contributed by atoms with Crippen molar-refractivity contribution in [3.8, 4) is 0 Å². The molecule has 1 rings (SSSR count). The van der Waals surface area contributed by atoms with E-state index in [-0.39, 0.29) is 6.04 Å². The summed E-state index contributed by atoms with van der Waals surface area (Å²) < 4.78 is 0. The number of hydrogen-bond donors (Lipinski definition) is 2. The highest BCUT2D eigenvalue weighted by Crippen LogP contribution is 2.27. The van der Waals surface area contributed by atoms with Crippen molar-refractivity contribution in [2.45, 2.75) is 52.0 Å². The summed E-state index contributed by atoms with van der Waals surface area (Å²) >= 11 is 0. The van der Waals surface area contributed by atoms with Gasteiger partial charge in [0.15, 0.2) is 0 Å². The molecule has 3 nitrogen and oxygen atoms in total. The zero-order chi connectivity index (χ0) is 9.84. The number of nitrogens with zero attached hydrogens (tertiary/aromatic N) is 1. The quantitative estimate of drug-likeness (QED) is 0.660. The average Bonchev–Trinajstić information content (AvgIpc) is 2.32. The van der Waals surface area contributed by atoms with E-state index in [1.54, 1.807) is 0 Å². The van der Waals surface area contributed by atoms with Gasteiger partial charge >= 0.3 is 0 Å². The van der Waals surface area contributed by atoms with Gasteiger partial charge in [-0.3, -0.25) is 10.6 Å². The second-order valence-electron chi connectivity index (χ2n) is 4.04. The van der Waals surface area contributed by atoms with Crippen molar-refractivity contribution in [3.05, 3.63) is 0 Å². The molecule has 1 saturated heterocycles. The first-order chi connectivity index (χ1) is 6.16. The Labute approximate surface area is 80.2 Å². The summed E-state index contributed by atoms with van der Waals surface area (Å²) in [6, 6.07) is 0.194. The van der Waals surface area contributed by atoms with Crippen molar-refractivity contribution in [2.24, 2.45) is 5.92 Å². The van der Waals surface area contributed by atoms with Crippen LogP contribution in [-0.4, -0.2) is 22.1 Å². The third kappa shape index (κ3) is 2.44. The van der Waals surface area contributed by atoms with Gasteiger partial charge in [0.2, 0.25) is 0 Å². The normalized spacial score (nSPS) is 28.5. The van der Waals surface area contributed by atoms with E-state index >= 15 is 0 Å². The van der Waals surface area contributed by atoms with Crippen molar-refractivity contribution in [1.82, 2.24) is 5.06 Å². The molecule has 0 bridgehead atoms. The Morgan fingerprint density at radius 3 is 2.69 bits per heavy atom. The van der Waals surface area contributed by atoms with Crippen molar-refractivity contribution >= 4 is 5.84 Å². The molecule has 1 fully saturated rings. The highest BCUT2D eigenvalue weighted by molar-refractivity contribution is 5.80. The van der Waals surface area contributed by atoms with Crippen LogP contribution in [0.2, 0.25) is 0 Å². The van der Waals surface area contributed by atoms with Gasteiger partial charge in [0.1, 0.15) is 5.84 Å². The van der Waals surface area contributed by atoms with Crippen molar-refractivity contribution in [1.29, 1.82) is 5.41 Å². The largest absolute Gasteiger partial charge is 0.287 e. The van der Waals surface area contributed by atoms with Crippen LogP contribution in [0.5, 0.6) is 0 Å². The molecular weight excluding hydrogens is 164 g/mol. The van der Waals surface area contributed by atoms with Crippen LogP contribution in [0, 0.1) is 11.3 Å².